The second-order valence-corrected chi connectivity index (χ2v) is 9.86. The standard InChI is InChI=1S/C17H20Br2O4Si/c1-12-8-15(19)17(16(9-12)24(20-2,21-3)22-4)23-11-13-6-5-7-14(18)10-13/h5-10H,11H2,1-4H3. The Hall–Kier alpha value is -0.703. The Morgan fingerprint density at radius 1 is 0.958 bits per heavy atom. The van der Waals surface area contributed by atoms with Crippen molar-refractivity contribution in [2.75, 3.05) is 21.3 Å². The molecule has 0 saturated heterocycles. The summed E-state index contributed by atoms with van der Waals surface area (Å²) in [4.78, 5) is 0. The van der Waals surface area contributed by atoms with Crippen LogP contribution >= 0.6 is 31.9 Å². The van der Waals surface area contributed by atoms with Crippen molar-refractivity contribution in [1.82, 2.24) is 0 Å². The molecular weight excluding hydrogens is 456 g/mol. The molecule has 0 saturated carbocycles. The predicted molar refractivity (Wildman–Crippen MR) is 104 cm³/mol. The van der Waals surface area contributed by atoms with Crippen LogP contribution in [0.4, 0.5) is 0 Å². The van der Waals surface area contributed by atoms with Gasteiger partial charge in [-0.15, -0.1) is 0 Å². The van der Waals surface area contributed by atoms with Gasteiger partial charge in [-0.1, -0.05) is 28.1 Å². The summed E-state index contributed by atoms with van der Waals surface area (Å²) in [7, 11) is 1.76. The minimum absolute atomic E-state index is 0.426. The van der Waals surface area contributed by atoms with Crippen molar-refractivity contribution in [2.24, 2.45) is 0 Å². The molecule has 0 aromatic heterocycles. The highest BCUT2D eigenvalue weighted by Crippen LogP contribution is 2.28. The van der Waals surface area contributed by atoms with Gasteiger partial charge in [0.25, 0.3) is 0 Å². The Labute approximate surface area is 160 Å². The van der Waals surface area contributed by atoms with E-state index in [1.54, 1.807) is 21.3 Å². The molecule has 0 bridgehead atoms. The smallest absolute Gasteiger partial charge is 0.488 e. The van der Waals surface area contributed by atoms with Crippen molar-refractivity contribution in [1.29, 1.82) is 0 Å². The third-order valence-corrected chi connectivity index (χ3v) is 7.32. The molecule has 7 heteroatoms. The summed E-state index contributed by atoms with van der Waals surface area (Å²) in [6, 6.07) is 12.0. The minimum Gasteiger partial charge on any atom is -0.488 e. The van der Waals surface area contributed by atoms with Crippen LogP contribution in [0.2, 0.25) is 0 Å². The Kier molecular flexibility index (Phi) is 7.03. The molecule has 130 valence electrons. The van der Waals surface area contributed by atoms with Crippen molar-refractivity contribution >= 4 is 45.9 Å². The zero-order valence-corrected chi connectivity index (χ0v) is 18.2. The lowest BCUT2D eigenvalue weighted by Gasteiger charge is -2.27. The molecule has 2 rings (SSSR count). The van der Waals surface area contributed by atoms with E-state index in [2.05, 4.69) is 31.9 Å². The molecule has 4 nitrogen and oxygen atoms in total. The van der Waals surface area contributed by atoms with Crippen LogP contribution in [-0.4, -0.2) is 30.1 Å². The lowest BCUT2D eigenvalue weighted by molar-refractivity contribution is 0.139. The first kappa shape index (κ1) is 19.6. The van der Waals surface area contributed by atoms with E-state index in [1.165, 1.54) is 0 Å². The van der Waals surface area contributed by atoms with E-state index >= 15 is 0 Å². The van der Waals surface area contributed by atoms with Crippen molar-refractivity contribution in [2.45, 2.75) is 13.5 Å². The molecule has 0 amide bonds. The molecule has 0 spiro atoms. The van der Waals surface area contributed by atoms with Crippen LogP contribution in [-0.2, 0) is 19.9 Å². The van der Waals surface area contributed by atoms with E-state index in [9.17, 15) is 0 Å². The van der Waals surface area contributed by atoms with E-state index < -0.39 is 8.80 Å². The Morgan fingerprint density at radius 2 is 1.62 bits per heavy atom. The van der Waals surface area contributed by atoms with Gasteiger partial charge in [0.15, 0.2) is 0 Å². The van der Waals surface area contributed by atoms with E-state index in [0.29, 0.717) is 12.4 Å². The summed E-state index contributed by atoms with van der Waals surface area (Å²) in [5.74, 6) is 0.679. The third kappa shape index (κ3) is 4.28. The lowest BCUT2D eigenvalue weighted by atomic mass is 10.2. The van der Waals surface area contributed by atoms with Crippen molar-refractivity contribution in [3.8, 4) is 5.75 Å². The van der Waals surface area contributed by atoms with Crippen LogP contribution in [0.5, 0.6) is 5.75 Å². The van der Waals surface area contributed by atoms with E-state index in [4.69, 9.17) is 18.0 Å². The number of benzene rings is 2. The monoisotopic (exact) mass is 474 g/mol. The maximum Gasteiger partial charge on any atom is 0.540 e. The molecule has 0 aliphatic carbocycles. The normalized spacial score (nSPS) is 11.6. The molecule has 2 aromatic rings. The highest BCUT2D eigenvalue weighted by atomic mass is 79.9. The fourth-order valence-electron chi connectivity index (χ4n) is 2.47. The van der Waals surface area contributed by atoms with Gasteiger partial charge in [0.2, 0.25) is 0 Å². The first-order valence-corrected chi connectivity index (χ1v) is 10.6. The highest BCUT2D eigenvalue weighted by Gasteiger charge is 2.44. The maximum atomic E-state index is 6.10. The molecule has 0 N–H and O–H groups in total. The number of rotatable bonds is 7. The summed E-state index contributed by atoms with van der Waals surface area (Å²) >= 11 is 7.06. The Bertz CT molecular complexity index is 697. The van der Waals surface area contributed by atoms with E-state index in [0.717, 1.165) is 25.3 Å². The van der Waals surface area contributed by atoms with E-state index in [-0.39, 0.29) is 0 Å². The van der Waals surface area contributed by atoms with Crippen LogP contribution in [0.1, 0.15) is 11.1 Å². The van der Waals surface area contributed by atoms with Gasteiger partial charge in [-0.25, -0.2) is 0 Å². The molecule has 0 aliphatic heterocycles. The van der Waals surface area contributed by atoms with Gasteiger partial charge in [-0.2, -0.15) is 0 Å². The van der Waals surface area contributed by atoms with Gasteiger partial charge >= 0.3 is 8.80 Å². The average molecular weight is 476 g/mol. The number of halogens is 2. The number of hydrogen-bond donors (Lipinski definition) is 0. The average Bonchev–Trinajstić information content (AvgIpc) is 2.56. The second-order valence-electron chi connectivity index (χ2n) is 5.21. The van der Waals surface area contributed by atoms with Crippen LogP contribution < -0.4 is 9.92 Å². The van der Waals surface area contributed by atoms with Crippen LogP contribution in [0.15, 0.2) is 45.3 Å². The molecule has 0 radical (unpaired) electrons. The fourth-order valence-corrected chi connectivity index (χ4v) is 5.83. The molecule has 0 fully saturated rings. The zero-order chi connectivity index (χ0) is 17.7. The highest BCUT2D eigenvalue weighted by molar-refractivity contribution is 9.10. The topological polar surface area (TPSA) is 36.9 Å². The summed E-state index contributed by atoms with van der Waals surface area (Å²) in [6.45, 7) is 2.43. The molecular formula is C17H20Br2O4Si. The Morgan fingerprint density at radius 3 is 2.21 bits per heavy atom. The SMILES string of the molecule is CO[Si](OC)(OC)c1cc(C)cc(Br)c1OCc1cccc(Br)c1. The summed E-state index contributed by atoms with van der Waals surface area (Å²) in [5.41, 5.74) is 2.12. The predicted octanol–water partition coefficient (Wildman–Crippen LogP) is 4.18. The van der Waals surface area contributed by atoms with E-state index in [1.807, 2.05) is 43.3 Å². The molecule has 0 unspecified atom stereocenters. The van der Waals surface area contributed by atoms with Gasteiger partial charge < -0.3 is 18.0 Å². The van der Waals surface area contributed by atoms with Crippen LogP contribution in [0, 0.1) is 6.92 Å². The van der Waals surface area contributed by atoms with Crippen LogP contribution in [0.25, 0.3) is 0 Å². The summed E-state index contributed by atoms with van der Waals surface area (Å²) in [5, 5.41) is 0.803. The fraction of sp³-hybridized carbons (Fsp3) is 0.294. The largest absolute Gasteiger partial charge is 0.540 e. The molecule has 0 atom stereocenters. The van der Waals surface area contributed by atoms with Crippen molar-refractivity contribution < 1.29 is 18.0 Å². The van der Waals surface area contributed by atoms with Crippen molar-refractivity contribution in [3.05, 3.63) is 56.5 Å². The molecule has 0 heterocycles. The van der Waals surface area contributed by atoms with Gasteiger partial charge in [-0.3, -0.25) is 0 Å². The molecule has 24 heavy (non-hydrogen) atoms. The number of hydrogen-bond acceptors (Lipinski definition) is 4. The molecule has 0 aliphatic rings. The third-order valence-electron chi connectivity index (χ3n) is 3.60. The summed E-state index contributed by atoms with van der Waals surface area (Å²) < 4.78 is 24.9. The number of aryl methyl sites for hydroxylation is 1. The van der Waals surface area contributed by atoms with Crippen LogP contribution in [0.3, 0.4) is 0 Å². The van der Waals surface area contributed by atoms with Gasteiger partial charge in [0.1, 0.15) is 12.4 Å². The van der Waals surface area contributed by atoms with Gasteiger partial charge in [0, 0.05) is 25.8 Å². The maximum absolute atomic E-state index is 6.10. The molecule has 2 aromatic carbocycles. The second kappa shape index (κ2) is 8.60. The van der Waals surface area contributed by atoms with Gasteiger partial charge in [-0.05, 0) is 58.2 Å². The zero-order valence-electron chi connectivity index (χ0n) is 14.1. The first-order chi connectivity index (χ1) is 11.5. The Balaban J connectivity index is 2.41. The number of ether oxygens (including phenoxy) is 1. The van der Waals surface area contributed by atoms with Crippen molar-refractivity contribution in [3.63, 3.8) is 0 Å². The van der Waals surface area contributed by atoms with Gasteiger partial charge in [0.05, 0.1) is 9.66 Å². The lowest BCUT2D eigenvalue weighted by Crippen LogP contribution is -2.55. The summed E-state index contributed by atoms with van der Waals surface area (Å²) in [6.07, 6.45) is 0. The first-order valence-electron chi connectivity index (χ1n) is 7.29. The minimum atomic E-state index is -3.01. The quantitative estimate of drug-likeness (QED) is 0.562.